The Hall–Kier alpha value is -2.38. The Bertz CT molecular complexity index is 805. The molecule has 8 nitrogen and oxygen atoms in total. The van der Waals surface area contributed by atoms with Crippen molar-refractivity contribution in [1.82, 2.24) is 10.3 Å². The van der Waals surface area contributed by atoms with E-state index in [1.807, 2.05) is 6.07 Å². The van der Waals surface area contributed by atoms with Crippen LogP contribution >= 0.6 is 0 Å². The maximum atomic E-state index is 11.8. The zero-order valence-electron chi connectivity index (χ0n) is 15.3. The van der Waals surface area contributed by atoms with Crippen LogP contribution in [-0.2, 0) is 0 Å². The average molecular weight is 359 g/mol. The molecule has 8 heteroatoms. The second-order valence-corrected chi connectivity index (χ2v) is 7.82. The Balaban J connectivity index is 1.81. The number of fused-ring (bicyclic) bond motifs is 1. The monoisotopic (exact) mass is 359 g/mol. The van der Waals surface area contributed by atoms with Crippen LogP contribution in [0.25, 0.3) is 11.0 Å². The predicted molar refractivity (Wildman–Crippen MR) is 99.7 cm³/mol. The van der Waals surface area contributed by atoms with Crippen molar-refractivity contribution in [2.24, 2.45) is 11.8 Å². The van der Waals surface area contributed by atoms with Gasteiger partial charge in [0.15, 0.2) is 5.52 Å². The van der Waals surface area contributed by atoms with Gasteiger partial charge in [0.05, 0.1) is 10.6 Å². The first-order valence-corrected chi connectivity index (χ1v) is 9.48. The Morgan fingerprint density at radius 1 is 0.962 bits per heavy atom. The van der Waals surface area contributed by atoms with Gasteiger partial charge in [0.1, 0.15) is 5.69 Å². The Morgan fingerprint density at radius 3 is 2.00 bits per heavy atom. The minimum absolute atomic E-state index is 0.0185. The third kappa shape index (κ3) is 2.97. The van der Waals surface area contributed by atoms with Gasteiger partial charge in [0, 0.05) is 26.2 Å². The highest BCUT2D eigenvalue weighted by Crippen LogP contribution is 2.42. The number of hydrogen-bond donors (Lipinski definition) is 0. The molecule has 0 aliphatic carbocycles. The Kier molecular flexibility index (Phi) is 4.42. The third-order valence-corrected chi connectivity index (χ3v) is 5.90. The van der Waals surface area contributed by atoms with E-state index < -0.39 is 0 Å². The summed E-state index contributed by atoms with van der Waals surface area (Å²) in [4.78, 5) is 15.9. The van der Waals surface area contributed by atoms with Gasteiger partial charge >= 0.3 is 5.69 Å². The summed E-state index contributed by atoms with van der Waals surface area (Å²) in [5, 5.41) is 19.7. The molecule has 4 rings (SSSR count). The predicted octanol–water partition coefficient (Wildman–Crippen LogP) is 3.60. The minimum atomic E-state index is -0.345. The van der Waals surface area contributed by atoms with Crippen LogP contribution in [0.2, 0.25) is 0 Å². The number of anilines is 2. The molecular weight excluding hydrogens is 334 g/mol. The van der Waals surface area contributed by atoms with E-state index in [1.165, 1.54) is 0 Å². The standard InChI is InChI=1S/C18H25N5O3/c1-12-3-7-21(8-4-12)14-11-15(22-9-5-13(2)6-10-22)18(23(24)25)17-16(14)19-26-20-17/h11-13H,3-10H2,1-2H3. The van der Waals surface area contributed by atoms with Crippen molar-refractivity contribution in [3.63, 3.8) is 0 Å². The van der Waals surface area contributed by atoms with E-state index in [0.717, 1.165) is 57.5 Å². The van der Waals surface area contributed by atoms with E-state index in [0.29, 0.717) is 23.0 Å². The van der Waals surface area contributed by atoms with Gasteiger partial charge in [-0.2, -0.15) is 0 Å². The maximum Gasteiger partial charge on any atom is 0.323 e. The number of benzene rings is 1. The van der Waals surface area contributed by atoms with E-state index in [1.54, 1.807) is 0 Å². The lowest BCUT2D eigenvalue weighted by atomic mass is 9.97. The largest absolute Gasteiger partial charge is 0.370 e. The number of piperidine rings is 2. The molecule has 3 heterocycles. The van der Waals surface area contributed by atoms with Crippen molar-refractivity contribution in [3.8, 4) is 0 Å². The lowest BCUT2D eigenvalue weighted by molar-refractivity contribution is -0.382. The van der Waals surface area contributed by atoms with Crippen LogP contribution in [0.4, 0.5) is 17.1 Å². The number of aromatic nitrogens is 2. The van der Waals surface area contributed by atoms with Crippen LogP contribution in [0, 0.1) is 22.0 Å². The van der Waals surface area contributed by atoms with Gasteiger partial charge in [-0.25, -0.2) is 4.63 Å². The number of rotatable bonds is 3. The molecule has 0 spiro atoms. The second kappa shape index (κ2) is 6.74. The van der Waals surface area contributed by atoms with Crippen LogP contribution in [0.5, 0.6) is 0 Å². The van der Waals surface area contributed by atoms with Gasteiger partial charge in [-0.3, -0.25) is 10.1 Å². The summed E-state index contributed by atoms with van der Waals surface area (Å²) in [7, 11) is 0. The van der Waals surface area contributed by atoms with Gasteiger partial charge in [-0.15, -0.1) is 0 Å². The molecule has 1 aromatic carbocycles. The Labute approximate surface area is 152 Å². The van der Waals surface area contributed by atoms with Gasteiger partial charge in [0.25, 0.3) is 0 Å². The quantitative estimate of drug-likeness (QED) is 0.611. The highest BCUT2D eigenvalue weighted by molar-refractivity contribution is 6.00. The van der Waals surface area contributed by atoms with Crippen molar-refractivity contribution in [3.05, 3.63) is 16.2 Å². The van der Waals surface area contributed by atoms with E-state index in [9.17, 15) is 10.1 Å². The van der Waals surface area contributed by atoms with Crippen molar-refractivity contribution in [1.29, 1.82) is 0 Å². The molecule has 0 radical (unpaired) electrons. The number of nitro groups is 1. The average Bonchev–Trinajstić information content (AvgIpc) is 3.11. The van der Waals surface area contributed by atoms with Crippen LogP contribution < -0.4 is 9.80 Å². The summed E-state index contributed by atoms with van der Waals surface area (Å²) >= 11 is 0. The molecule has 0 amide bonds. The molecule has 2 fully saturated rings. The molecular formula is C18H25N5O3. The fourth-order valence-corrected chi connectivity index (χ4v) is 4.06. The molecule has 140 valence electrons. The van der Waals surface area contributed by atoms with Gasteiger partial charge in [-0.1, -0.05) is 13.8 Å². The molecule has 26 heavy (non-hydrogen) atoms. The SMILES string of the molecule is CC1CCN(c2cc(N3CCC(C)CC3)c3nonc3c2[N+](=O)[O-])CC1. The van der Waals surface area contributed by atoms with Gasteiger partial charge in [-0.05, 0) is 53.9 Å². The molecule has 2 aliphatic rings. The molecule has 0 N–H and O–H groups in total. The summed E-state index contributed by atoms with van der Waals surface area (Å²) in [6.45, 7) is 8.01. The molecule has 0 bridgehead atoms. The summed E-state index contributed by atoms with van der Waals surface area (Å²) in [6, 6.07) is 1.94. The van der Waals surface area contributed by atoms with Crippen molar-refractivity contribution in [2.45, 2.75) is 39.5 Å². The third-order valence-electron chi connectivity index (χ3n) is 5.90. The van der Waals surface area contributed by atoms with Crippen molar-refractivity contribution < 1.29 is 9.55 Å². The summed E-state index contributed by atoms with van der Waals surface area (Å²) in [6.07, 6.45) is 4.31. The maximum absolute atomic E-state index is 11.8. The zero-order chi connectivity index (χ0) is 18.3. The Morgan fingerprint density at radius 2 is 1.46 bits per heavy atom. The second-order valence-electron chi connectivity index (χ2n) is 7.82. The number of hydrogen-bond acceptors (Lipinski definition) is 7. The van der Waals surface area contributed by atoms with Gasteiger partial charge < -0.3 is 9.80 Å². The molecule has 2 saturated heterocycles. The highest BCUT2D eigenvalue weighted by Gasteiger charge is 2.32. The van der Waals surface area contributed by atoms with Gasteiger partial charge in [0.2, 0.25) is 5.52 Å². The lowest BCUT2D eigenvalue weighted by Gasteiger charge is -2.34. The molecule has 1 aromatic heterocycles. The molecule has 0 saturated carbocycles. The van der Waals surface area contributed by atoms with Crippen LogP contribution in [0.1, 0.15) is 39.5 Å². The number of nitrogens with zero attached hydrogens (tertiary/aromatic N) is 5. The minimum Gasteiger partial charge on any atom is -0.370 e. The topological polar surface area (TPSA) is 88.5 Å². The normalized spacial score (nSPS) is 20.1. The fraction of sp³-hybridized carbons (Fsp3) is 0.667. The lowest BCUT2D eigenvalue weighted by Crippen LogP contribution is -2.35. The summed E-state index contributed by atoms with van der Waals surface area (Å²) < 4.78 is 4.92. The fourth-order valence-electron chi connectivity index (χ4n) is 4.06. The van der Waals surface area contributed by atoms with Crippen LogP contribution in [0.3, 0.4) is 0 Å². The van der Waals surface area contributed by atoms with Crippen LogP contribution in [0.15, 0.2) is 10.7 Å². The van der Waals surface area contributed by atoms with E-state index in [2.05, 4.69) is 34.0 Å². The first-order chi connectivity index (χ1) is 12.5. The molecule has 2 aromatic rings. The van der Waals surface area contributed by atoms with Crippen molar-refractivity contribution >= 4 is 28.1 Å². The van der Waals surface area contributed by atoms with E-state index in [-0.39, 0.29) is 16.1 Å². The smallest absolute Gasteiger partial charge is 0.323 e. The van der Waals surface area contributed by atoms with E-state index >= 15 is 0 Å². The highest BCUT2D eigenvalue weighted by atomic mass is 16.6. The molecule has 2 aliphatic heterocycles. The number of nitro benzene ring substituents is 1. The summed E-state index contributed by atoms with van der Waals surface area (Å²) in [5.41, 5.74) is 2.34. The summed E-state index contributed by atoms with van der Waals surface area (Å²) in [5.74, 6) is 1.36. The zero-order valence-corrected chi connectivity index (χ0v) is 15.3. The molecule has 0 unspecified atom stereocenters. The first kappa shape index (κ1) is 17.1. The van der Waals surface area contributed by atoms with Crippen LogP contribution in [-0.4, -0.2) is 41.4 Å². The van der Waals surface area contributed by atoms with E-state index in [4.69, 9.17) is 4.63 Å². The molecule has 0 atom stereocenters. The van der Waals surface area contributed by atoms with Crippen molar-refractivity contribution in [2.75, 3.05) is 36.0 Å². The first-order valence-electron chi connectivity index (χ1n) is 9.48.